The number of hydrogen-bond donors (Lipinski definition) is 0. The lowest BCUT2D eigenvalue weighted by Gasteiger charge is -2.04. The van der Waals surface area contributed by atoms with Crippen molar-refractivity contribution in [3.8, 4) is 0 Å². The van der Waals surface area contributed by atoms with Crippen LogP contribution >= 0.6 is 0 Å². The second-order valence-electron chi connectivity index (χ2n) is 9.22. The Morgan fingerprint density at radius 3 is 1.23 bits per heavy atom. The molecule has 0 aliphatic rings. The van der Waals surface area contributed by atoms with Crippen LogP contribution in [0.25, 0.3) is 0 Å². The number of hydrogen-bond acceptors (Lipinski definition) is 2. The molecule has 2 heteroatoms. The van der Waals surface area contributed by atoms with Crippen molar-refractivity contribution in [2.45, 2.75) is 155 Å². The fraction of sp³-hybridized carbons (Fsp3) is 0.828. The van der Waals surface area contributed by atoms with E-state index in [-0.39, 0.29) is 5.97 Å². The third-order valence-corrected chi connectivity index (χ3v) is 6.18. The minimum Gasteiger partial charge on any atom is -0.432 e. The Bertz CT molecular complexity index is 400. The Hall–Kier alpha value is -1.05. The van der Waals surface area contributed by atoms with Crippen molar-refractivity contribution in [2.75, 3.05) is 0 Å². The first-order valence-electron chi connectivity index (χ1n) is 13.8. The molecule has 0 unspecified atom stereocenters. The third kappa shape index (κ3) is 26.9. The zero-order valence-corrected chi connectivity index (χ0v) is 21.0. The second-order valence-corrected chi connectivity index (χ2v) is 9.22. The van der Waals surface area contributed by atoms with Gasteiger partial charge in [-0.05, 0) is 12.8 Å². The molecule has 182 valence electrons. The van der Waals surface area contributed by atoms with Gasteiger partial charge in [0.05, 0.1) is 6.26 Å². The monoisotopic (exact) mass is 434 g/mol. The summed E-state index contributed by atoms with van der Waals surface area (Å²) in [5.74, 6) is -0.325. The van der Waals surface area contributed by atoms with Crippen LogP contribution in [0.2, 0.25) is 0 Å². The summed E-state index contributed by atoms with van der Waals surface area (Å²) in [6, 6.07) is 0. The fourth-order valence-corrected chi connectivity index (χ4v) is 4.17. The number of carbonyl (C=O) groups is 1. The first-order valence-corrected chi connectivity index (χ1v) is 13.8. The molecule has 0 rings (SSSR count). The van der Waals surface area contributed by atoms with Gasteiger partial charge in [0.25, 0.3) is 0 Å². The van der Waals surface area contributed by atoms with Gasteiger partial charge in [0.2, 0.25) is 0 Å². The van der Waals surface area contributed by atoms with Gasteiger partial charge in [-0.15, -0.1) is 0 Å². The Morgan fingerprint density at radius 2 is 0.903 bits per heavy atom. The number of rotatable bonds is 25. The van der Waals surface area contributed by atoms with E-state index in [0.717, 1.165) is 12.8 Å². The molecule has 0 heterocycles. The SMILES string of the molecule is C=COC(=O)C=CCCCCCCCCCCCCCCCCCCCCCCCC. The van der Waals surface area contributed by atoms with E-state index in [1.165, 1.54) is 147 Å². The molecule has 0 aliphatic carbocycles. The molecule has 31 heavy (non-hydrogen) atoms. The lowest BCUT2D eigenvalue weighted by atomic mass is 10.0. The van der Waals surface area contributed by atoms with Gasteiger partial charge in [-0.3, -0.25) is 0 Å². The molecule has 0 bridgehead atoms. The zero-order valence-electron chi connectivity index (χ0n) is 21.0. The molecule has 0 fully saturated rings. The highest BCUT2D eigenvalue weighted by molar-refractivity contribution is 5.82. The normalized spacial score (nSPS) is 11.3. The van der Waals surface area contributed by atoms with E-state index in [1.54, 1.807) is 0 Å². The smallest absolute Gasteiger partial charge is 0.335 e. The number of unbranched alkanes of at least 4 members (excludes halogenated alkanes) is 22. The molecule has 0 atom stereocenters. The van der Waals surface area contributed by atoms with E-state index in [0.29, 0.717) is 0 Å². The summed E-state index contributed by atoms with van der Waals surface area (Å²) >= 11 is 0. The highest BCUT2D eigenvalue weighted by Gasteiger charge is 1.96. The maximum Gasteiger partial charge on any atom is 0.335 e. The van der Waals surface area contributed by atoms with Crippen molar-refractivity contribution in [1.29, 1.82) is 0 Å². The van der Waals surface area contributed by atoms with Crippen LogP contribution in [0.5, 0.6) is 0 Å². The van der Waals surface area contributed by atoms with Crippen LogP contribution in [0.4, 0.5) is 0 Å². The quantitative estimate of drug-likeness (QED) is 0.0618. The van der Waals surface area contributed by atoms with Crippen LogP contribution < -0.4 is 0 Å². The molecule has 0 aromatic carbocycles. The maximum atomic E-state index is 11.1. The first-order chi connectivity index (χ1) is 15.3. The van der Waals surface area contributed by atoms with Crippen molar-refractivity contribution in [3.05, 3.63) is 25.0 Å². The molecular formula is C29H54O2. The van der Waals surface area contributed by atoms with E-state index in [9.17, 15) is 4.79 Å². The van der Waals surface area contributed by atoms with Crippen LogP contribution in [0, 0.1) is 0 Å². The largest absolute Gasteiger partial charge is 0.432 e. The Labute approximate surface area is 195 Å². The van der Waals surface area contributed by atoms with Crippen molar-refractivity contribution >= 4 is 5.97 Å². The van der Waals surface area contributed by atoms with E-state index < -0.39 is 0 Å². The molecule has 0 saturated heterocycles. The summed E-state index contributed by atoms with van der Waals surface area (Å²) < 4.78 is 4.63. The summed E-state index contributed by atoms with van der Waals surface area (Å²) in [6.07, 6.45) is 36.6. The van der Waals surface area contributed by atoms with Gasteiger partial charge in [0, 0.05) is 6.08 Å². The Kier molecular flexibility index (Phi) is 26.1. The second kappa shape index (κ2) is 27.0. The summed E-state index contributed by atoms with van der Waals surface area (Å²) in [7, 11) is 0. The van der Waals surface area contributed by atoms with Crippen LogP contribution in [0.15, 0.2) is 25.0 Å². The Balaban J connectivity index is 3.08. The lowest BCUT2D eigenvalue weighted by Crippen LogP contribution is -1.92. The van der Waals surface area contributed by atoms with Gasteiger partial charge in [0.1, 0.15) is 0 Å². The molecular weight excluding hydrogens is 380 g/mol. The fourth-order valence-electron chi connectivity index (χ4n) is 4.17. The highest BCUT2D eigenvalue weighted by Crippen LogP contribution is 2.15. The molecule has 0 saturated carbocycles. The average molecular weight is 435 g/mol. The van der Waals surface area contributed by atoms with Crippen molar-refractivity contribution in [3.63, 3.8) is 0 Å². The topological polar surface area (TPSA) is 26.3 Å². The van der Waals surface area contributed by atoms with Crippen LogP contribution in [-0.4, -0.2) is 5.97 Å². The number of carbonyl (C=O) groups excluding carboxylic acids is 1. The van der Waals surface area contributed by atoms with E-state index in [4.69, 9.17) is 0 Å². The molecule has 0 amide bonds. The molecule has 0 aromatic heterocycles. The number of allylic oxidation sites excluding steroid dienone is 1. The lowest BCUT2D eigenvalue weighted by molar-refractivity contribution is -0.132. The standard InChI is InChI=1S/C29H54O2/c1-3-5-6-7-8-9-10-11-12-13-14-15-16-17-18-19-20-21-22-23-24-25-26-27-28-29(30)31-4-2/h4,27-28H,2-3,5-26H2,1H3. The van der Waals surface area contributed by atoms with Gasteiger partial charge >= 0.3 is 5.97 Å². The van der Waals surface area contributed by atoms with Gasteiger partial charge in [-0.25, -0.2) is 4.79 Å². The van der Waals surface area contributed by atoms with Crippen molar-refractivity contribution in [2.24, 2.45) is 0 Å². The average Bonchev–Trinajstić information content (AvgIpc) is 2.77. The predicted molar refractivity (Wildman–Crippen MR) is 137 cm³/mol. The minimum absolute atomic E-state index is 0.325. The summed E-state index contributed by atoms with van der Waals surface area (Å²) in [6.45, 7) is 5.66. The van der Waals surface area contributed by atoms with Gasteiger partial charge in [-0.1, -0.05) is 154 Å². The molecule has 0 radical (unpaired) electrons. The van der Waals surface area contributed by atoms with Crippen LogP contribution in [0.1, 0.15) is 155 Å². The van der Waals surface area contributed by atoms with Crippen LogP contribution in [0.3, 0.4) is 0 Å². The summed E-state index contributed by atoms with van der Waals surface area (Å²) in [5, 5.41) is 0. The minimum atomic E-state index is -0.325. The van der Waals surface area contributed by atoms with Crippen molar-refractivity contribution < 1.29 is 9.53 Å². The van der Waals surface area contributed by atoms with Gasteiger partial charge in [-0.2, -0.15) is 0 Å². The molecule has 2 nitrogen and oxygen atoms in total. The van der Waals surface area contributed by atoms with Gasteiger partial charge in [0.15, 0.2) is 0 Å². The summed E-state index contributed by atoms with van der Waals surface area (Å²) in [5.41, 5.74) is 0. The first kappa shape index (κ1) is 29.9. The van der Waals surface area contributed by atoms with E-state index in [2.05, 4.69) is 18.2 Å². The maximum absolute atomic E-state index is 11.1. The molecule has 0 N–H and O–H groups in total. The summed E-state index contributed by atoms with van der Waals surface area (Å²) in [4.78, 5) is 11.1. The Morgan fingerprint density at radius 1 is 0.581 bits per heavy atom. The van der Waals surface area contributed by atoms with E-state index >= 15 is 0 Å². The zero-order chi connectivity index (χ0) is 22.7. The molecule has 0 spiro atoms. The van der Waals surface area contributed by atoms with Crippen LogP contribution in [-0.2, 0) is 9.53 Å². The third-order valence-electron chi connectivity index (χ3n) is 6.18. The predicted octanol–water partition coefficient (Wildman–Crippen LogP) is 10.2. The highest BCUT2D eigenvalue weighted by atomic mass is 16.5. The number of esters is 1. The van der Waals surface area contributed by atoms with Gasteiger partial charge < -0.3 is 4.74 Å². The molecule has 0 aromatic rings. The molecule has 0 aliphatic heterocycles. The van der Waals surface area contributed by atoms with E-state index in [1.807, 2.05) is 6.08 Å². The number of ether oxygens (including phenoxy) is 1. The van der Waals surface area contributed by atoms with Crippen molar-refractivity contribution in [1.82, 2.24) is 0 Å².